The van der Waals surface area contributed by atoms with E-state index in [1.54, 1.807) is 11.3 Å². The molecular formula is C13H20N2OS. The average Bonchev–Trinajstić information content (AvgIpc) is 2.88. The van der Waals surface area contributed by atoms with Crippen LogP contribution >= 0.6 is 11.3 Å². The van der Waals surface area contributed by atoms with E-state index in [0.717, 1.165) is 25.7 Å². The lowest BCUT2D eigenvalue weighted by molar-refractivity contribution is -0.122. The van der Waals surface area contributed by atoms with Gasteiger partial charge in [-0.3, -0.25) is 4.79 Å². The van der Waals surface area contributed by atoms with Gasteiger partial charge in [0.1, 0.15) is 0 Å². The predicted molar refractivity (Wildman–Crippen MR) is 70.9 cm³/mol. The molecule has 3 N–H and O–H groups in total. The highest BCUT2D eigenvalue weighted by Gasteiger charge is 2.31. The van der Waals surface area contributed by atoms with Crippen LogP contribution in [0.2, 0.25) is 0 Å². The van der Waals surface area contributed by atoms with Gasteiger partial charge in [0.2, 0.25) is 5.91 Å². The fraction of sp³-hybridized carbons (Fsp3) is 0.615. The first-order chi connectivity index (χ1) is 8.09. The summed E-state index contributed by atoms with van der Waals surface area (Å²) in [7, 11) is 0. The zero-order valence-corrected chi connectivity index (χ0v) is 11.1. The van der Waals surface area contributed by atoms with Crippen LogP contribution in [-0.4, -0.2) is 11.4 Å². The predicted octanol–water partition coefficient (Wildman–Crippen LogP) is 2.59. The van der Waals surface area contributed by atoms with E-state index in [0.29, 0.717) is 6.42 Å². The Hall–Kier alpha value is -0.870. The van der Waals surface area contributed by atoms with Crippen molar-refractivity contribution in [2.24, 2.45) is 5.73 Å². The van der Waals surface area contributed by atoms with Gasteiger partial charge in [0.05, 0.1) is 6.04 Å². The zero-order valence-electron chi connectivity index (χ0n) is 10.2. The molecule has 1 aromatic heterocycles. The summed E-state index contributed by atoms with van der Waals surface area (Å²) < 4.78 is 0. The number of nitrogens with one attached hydrogen (secondary N) is 1. The molecule has 1 atom stereocenters. The maximum atomic E-state index is 11.9. The maximum Gasteiger partial charge on any atom is 0.222 e. The smallest absolute Gasteiger partial charge is 0.222 e. The number of thiophene rings is 1. The SMILES string of the molecule is CC(NC(=O)CC1(N)CCCC1)c1ccsc1. The van der Waals surface area contributed by atoms with Crippen LogP contribution in [0.4, 0.5) is 0 Å². The molecule has 1 aliphatic carbocycles. The van der Waals surface area contributed by atoms with Crippen molar-refractivity contribution in [2.45, 2.75) is 50.6 Å². The van der Waals surface area contributed by atoms with Gasteiger partial charge in [-0.2, -0.15) is 11.3 Å². The van der Waals surface area contributed by atoms with Crippen molar-refractivity contribution in [1.82, 2.24) is 5.32 Å². The average molecular weight is 252 g/mol. The Balaban J connectivity index is 1.85. The molecule has 0 bridgehead atoms. The summed E-state index contributed by atoms with van der Waals surface area (Å²) in [6.45, 7) is 2.01. The van der Waals surface area contributed by atoms with Crippen LogP contribution in [0.25, 0.3) is 0 Å². The van der Waals surface area contributed by atoms with Crippen LogP contribution in [0.1, 0.15) is 50.6 Å². The molecule has 1 saturated carbocycles. The number of hydrogen-bond donors (Lipinski definition) is 2. The first-order valence-electron chi connectivity index (χ1n) is 6.19. The Kier molecular flexibility index (Phi) is 3.84. The molecular weight excluding hydrogens is 232 g/mol. The summed E-state index contributed by atoms with van der Waals surface area (Å²) in [4.78, 5) is 11.9. The lowest BCUT2D eigenvalue weighted by Crippen LogP contribution is -2.42. The summed E-state index contributed by atoms with van der Waals surface area (Å²) in [5.41, 5.74) is 7.11. The molecule has 0 saturated heterocycles. The summed E-state index contributed by atoms with van der Waals surface area (Å²) in [6.07, 6.45) is 4.73. The third kappa shape index (κ3) is 3.30. The number of carbonyl (C=O) groups is 1. The summed E-state index contributed by atoms with van der Waals surface area (Å²) >= 11 is 1.65. The van der Waals surface area contributed by atoms with Gasteiger partial charge in [-0.1, -0.05) is 12.8 Å². The van der Waals surface area contributed by atoms with Gasteiger partial charge < -0.3 is 11.1 Å². The van der Waals surface area contributed by atoms with Gasteiger partial charge in [-0.15, -0.1) is 0 Å². The molecule has 0 aliphatic heterocycles. The first-order valence-corrected chi connectivity index (χ1v) is 7.14. The molecule has 1 fully saturated rings. The van der Waals surface area contributed by atoms with Crippen molar-refractivity contribution in [3.8, 4) is 0 Å². The van der Waals surface area contributed by atoms with Crippen LogP contribution in [0.15, 0.2) is 16.8 Å². The zero-order chi connectivity index (χ0) is 12.3. The van der Waals surface area contributed by atoms with Gasteiger partial charge in [-0.25, -0.2) is 0 Å². The van der Waals surface area contributed by atoms with Gasteiger partial charge in [-0.05, 0) is 42.2 Å². The Morgan fingerprint density at radius 3 is 2.88 bits per heavy atom. The van der Waals surface area contributed by atoms with Gasteiger partial charge >= 0.3 is 0 Å². The van der Waals surface area contributed by atoms with E-state index in [-0.39, 0.29) is 17.5 Å². The molecule has 1 aliphatic rings. The molecule has 1 unspecified atom stereocenters. The Labute approximate surface area is 106 Å². The molecule has 2 rings (SSSR count). The fourth-order valence-electron chi connectivity index (χ4n) is 2.47. The third-order valence-corrected chi connectivity index (χ3v) is 4.23. The van der Waals surface area contributed by atoms with Gasteiger partial charge in [0.15, 0.2) is 0 Å². The summed E-state index contributed by atoms with van der Waals surface area (Å²) in [5.74, 6) is 0.0769. The Bertz CT molecular complexity index is 369. The van der Waals surface area contributed by atoms with Crippen LogP contribution < -0.4 is 11.1 Å². The standard InChI is InChI=1S/C13H20N2OS/c1-10(11-4-7-17-9-11)15-12(16)8-13(14)5-2-3-6-13/h4,7,9-10H,2-3,5-6,8,14H2,1H3,(H,15,16). The van der Waals surface area contributed by atoms with E-state index >= 15 is 0 Å². The number of hydrogen-bond acceptors (Lipinski definition) is 3. The normalized spacial score (nSPS) is 20.1. The molecule has 0 aromatic carbocycles. The molecule has 17 heavy (non-hydrogen) atoms. The van der Waals surface area contributed by atoms with Crippen molar-refractivity contribution < 1.29 is 4.79 Å². The Morgan fingerprint density at radius 1 is 1.59 bits per heavy atom. The van der Waals surface area contributed by atoms with Crippen molar-refractivity contribution in [2.75, 3.05) is 0 Å². The van der Waals surface area contributed by atoms with Crippen LogP contribution in [0.5, 0.6) is 0 Å². The lowest BCUT2D eigenvalue weighted by Gasteiger charge is -2.23. The van der Waals surface area contributed by atoms with E-state index in [4.69, 9.17) is 5.73 Å². The van der Waals surface area contributed by atoms with Crippen LogP contribution in [-0.2, 0) is 4.79 Å². The van der Waals surface area contributed by atoms with Crippen LogP contribution in [0, 0.1) is 0 Å². The minimum absolute atomic E-state index is 0.0769. The molecule has 0 radical (unpaired) electrons. The van der Waals surface area contributed by atoms with Crippen molar-refractivity contribution in [3.05, 3.63) is 22.4 Å². The highest BCUT2D eigenvalue weighted by atomic mass is 32.1. The van der Waals surface area contributed by atoms with E-state index < -0.39 is 0 Å². The number of amides is 1. The number of nitrogens with two attached hydrogens (primary N) is 1. The molecule has 4 heteroatoms. The van der Waals surface area contributed by atoms with Crippen molar-refractivity contribution in [3.63, 3.8) is 0 Å². The maximum absolute atomic E-state index is 11.9. The highest BCUT2D eigenvalue weighted by Crippen LogP contribution is 2.30. The van der Waals surface area contributed by atoms with Crippen molar-refractivity contribution >= 4 is 17.2 Å². The summed E-state index contributed by atoms with van der Waals surface area (Å²) in [6, 6.07) is 2.13. The highest BCUT2D eigenvalue weighted by molar-refractivity contribution is 7.07. The lowest BCUT2D eigenvalue weighted by atomic mass is 9.94. The fourth-order valence-corrected chi connectivity index (χ4v) is 3.23. The minimum atomic E-state index is -0.252. The van der Waals surface area contributed by atoms with Gasteiger partial charge in [0, 0.05) is 12.0 Å². The molecule has 0 spiro atoms. The second kappa shape index (κ2) is 5.19. The monoisotopic (exact) mass is 252 g/mol. The molecule has 1 heterocycles. The molecule has 1 amide bonds. The van der Waals surface area contributed by atoms with Gasteiger partial charge in [0.25, 0.3) is 0 Å². The molecule has 1 aromatic rings. The minimum Gasteiger partial charge on any atom is -0.349 e. The van der Waals surface area contributed by atoms with E-state index in [2.05, 4.69) is 10.7 Å². The largest absolute Gasteiger partial charge is 0.349 e. The van der Waals surface area contributed by atoms with Crippen molar-refractivity contribution in [1.29, 1.82) is 0 Å². The van der Waals surface area contributed by atoms with E-state index in [1.165, 1.54) is 5.56 Å². The Morgan fingerprint density at radius 2 is 2.29 bits per heavy atom. The molecule has 94 valence electrons. The third-order valence-electron chi connectivity index (χ3n) is 3.53. The second-order valence-electron chi connectivity index (χ2n) is 5.09. The quantitative estimate of drug-likeness (QED) is 0.865. The number of carbonyl (C=O) groups excluding carboxylic acids is 1. The van der Waals surface area contributed by atoms with Crippen LogP contribution in [0.3, 0.4) is 0 Å². The molecule has 3 nitrogen and oxygen atoms in total. The second-order valence-corrected chi connectivity index (χ2v) is 5.87. The topological polar surface area (TPSA) is 55.1 Å². The van der Waals surface area contributed by atoms with E-state index in [9.17, 15) is 4.79 Å². The summed E-state index contributed by atoms with van der Waals surface area (Å²) in [5, 5.41) is 7.12. The van der Waals surface area contributed by atoms with E-state index in [1.807, 2.05) is 18.4 Å². The first kappa shape index (κ1) is 12.6. The number of rotatable bonds is 4.